The fourth-order valence-electron chi connectivity index (χ4n) is 2.12. The van der Waals surface area contributed by atoms with Crippen LogP contribution in [0.5, 0.6) is 0 Å². The quantitative estimate of drug-likeness (QED) is 0.685. The zero-order valence-corrected chi connectivity index (χ0v) is 10.6. The van der Waals surface area contributed by atoms with Gasteiger partial charge in [-0.2, -0.15) is 5.26 Å². The molecule has 0 spiro atoms. The smallest absolute Gasteiger partial charge is 0.255 e. The Morgan fingerprint density at radius 2 is 2.00 bits per heavy atom. The lowest BCUT2D eigenvalue weighted by molar-refractivity contribution is 0.0800. The maximum atomic E-state index is 11.9. The first kappa shape index (κ1) is 11.7. The summed E-state index contributed by atoms with van der Waals surface area (Å²) in [7, 11) is 1.67. The molecule has 0 saturated heterocycles. The van der Waals surface area contributed by atoms with Crippen LogP contribution in [0, 0.1) is 11.3 Å². The Bertz CT molecular complexity index is 520. The SMILES string of the molecule is CN1C(=O)c2ccc(C(C)(C)C)cc2C1C#N. The van der Waals surface area contributed by atoms with Crippen LogP contribution in [-0.4, -0.2) is 17.9 Å². The van der Waals surface area contributed by atoms with Crippen molar-refractivity contribution < 1.29 is 4.79 Å². The molecule has 2 rings (SSSR count). The summed E-state index contributed by atoms with van der Waals surface area (Å²) in [5.74, 6) is -0.0630. The molecule has 1 aliphatic rings. The summed E-state index contributed by atoms with van der Waals surface area (Å²) < 4.78 is 0. The van der Waals surface area contributed by atoms with Crippen molar-refractivity contribution >= 4 is 5.91 Å². The zero-order chi connectivity index (χ0) is 12.8. The third-order valence-corrected chi connectivity index (χ3v) is 3.27. The third kappa shape index (κ3) is 1.70. The number of carbonyl (C=O) groups excluding carboxylic acids is 1. The molecule has 0 aromatic heterocycles. The molecule has 0 fully saturated rings. The molecule has 1 amide bonds. The van der Waals surface area contributed by atoms with Gasteiger partial charge in [0.1, 0.15) is 6.04 Å². The summed E-state index contributed by atoms with van der Waals surface area (Å²) in [6, 6.07) is 7.55. The van der Waals surface area contributed by atoms with Gasteiger partial charge in [0.2, 0.25) is 0 Å². The monoisotopic (exact) mass is 228 g/mol. The molecular formula is C14H16N2O. The highest BCUT2D eigenvalue weighted by atomic mass is 16.2. The lowest BCUT2D eigenvalue weighted by atomic mass is 9.85. The molecule has 0 aliphatic carbocycles. The molecule has 0 N–H and O–H groups in total. The summed E-state index contributed by atoms with van der Waals surface area (Å²) in [5.41, 5.74) is 2.68. The first-order valence-electron chi connectivity index (χ1n) is 5.67. The second-order valence-electron chi connectivity index (χ2n) is 5.50. The van der Waals surface area contributed by atoms with E-state index in [0.717, 1.165) is 11.1 Å². The van der Waals surface area contributed by atoms with Crippen molar-refractivity contribution in [1.29, 1.82) is 5.26 Å². The number of rotatable bonds is 0. The summed E-state index contributed by atoms with van der Waals surface area (Å²) in [4.78, 5) is 13.4. The van der Waals surface area contributed by atoms with Crippen molar-refractivity contribution in [1.82, 2.24) is 4.90 Å². The van der Waals surface area contributed by atoms with Crippen LogP contribution in [0.1, 0.15) is 48.3 Å². The molecule has 88 valence electrons. The number of nitriles is 1. The van der Waals surface area contributed by atoms with Gasteiger partial charge in [0, 0.05) is 18.2 Å². The van der Waals surface area contributed by atoms with Crippen LogP contribution in [0.2, 0.25) is 0 Å². The second-order valence-corrected chi connectivity index (χ2v) is 5.50. The molecule has 0 bridgehead atoms. The van der Waals surface area contributed by atoms with Crippen molar-refractivity contribution in [2.75, 3.05) is 7.05 Å². The normalized spacial score (nSPS) is 19.1. The van der Waals surface area contributed by atoms with Crippen LogP contribution in [0.25, 0.3) is 0 Å². The average molecular weight is 228 g/mol. The number of nitrogens with zero attached hydrogens (tertiary/aromatic N) is 2. The maximum absolute atomic E-state index is 11.9. The number of benzene rings is 1. The fraction of sp³-hybridized carbons (Fsp3) is 0.429. The molecule has 1 aliphatic heterocycles. The molecule has 0 saturated carbocycles. The van der Waals surface area contributed by atoms with Crippen molar-refractivity contribution in [2.45, 2.75) is 32.2 Å². The highest BCUT2D eigenvalue weighted by Crippen LogP contribution is 2.35. The van der Waals surface area contributed by atoms with Crippen molar-refractivity contribution in [3.8, 4) is 6.07 Å². The molecular weight excluding hydrogens is 212 g/mol. The first-order chi connectivity index (χ1) is 7.86. The molecule has 1 unspecified atom stereocenters. The van der Waals surface area contributed by atoms with Crippen LogP contribution in [0.15, 0.2) is 18.2 Å². The van der Waals surface area contributed by atoms with Gasteiger partial charge in [-0.1, -0.05) is 32.9 Å². The molecule has 1 heterocycles. The summed E-state index contributed by atoms with van der Waals surface area (Å²) in [6.07, 6.45) is 0. The topological polar surface area (TPSA) is 44.1 Å². The molecule has 0 radical (unpaired) electrons. The number of hydrogen-bond acceptors (Lipinski definition) is 2. The predicted molar refractivity (Wildman–Crippen MR) is 65.6 cm³/mol. The van der Waals surface area contributed by atoms with Gasteiger partial charge in [0.15, 0.2) is 0 Å². The lowest BCUT2D eigenvalue weighted by Gasteiger charge is -2.20. The van der Waals surface area contributed by atoms with Gasteiger partial charge in [-0.25, -0.2) is 0 Å². The molecule has 1 aromatic rings. The van der Waals surface area contributed by atoms with Crippen LogP contribution in [0.3, 0.4) is 0 Å². The molecule has 17 heavy (non-hydrogen) atoms. The Labute approximate surface area is 102 Å². The first-order valence-corrected chi connectivity index (χ1v) is 5.67. The summed E-state index contributed by atoms with van der Waals surface area (Å²) in [5, 5.41) is 9.15. The Hall–Kier alpha value is -1.82. The lowest BCUT2D eigenvalue weighted by Crippen LogP contribution is -2.21. The number of carbonyl (C=O) groups is 1. The van der Waals surface area contributed by atoms with E-state index in [1.54, 1.807) is 7.05 Å². The van der Waals surface area contributed by atoms with E-state index in [-0.39, 0.29) is 11.3 Å². The summed E-state index contributed by atoms with van der Waals surface area (Å²) in [6.45, 7) is 6.36. The standard InChI is InChI=1S/C14H16N2O/c1-14(2,3)9-5-6-10-11(7-9)12(8-15)16(4)13(10)17/h5-7,12H,1-4H3. The Morgan fingerprint density at radius 1 is 1.35 bits per heavy atom. The number of fused-ring (bicyclic) bond motifs is 1. The second kappa shape index (κ2) is 3.59. The van der Waals surface area contributed by atoms with E-state index in [1.165, 1.54) is 4.90 Å². The van der Waals surface area contributed by atoms with Crippen molar-refractivity contribution in [2.24, 2.45) is 0 Å². The van der Waals surface area contributed by atoms with E-state index in [1.807, 2.05) is 18.2 Å². The van der Waals surface area contributed by atoms with Crippen LogP contribution >= 0.6 is 0 Å². The Kier molecular flexibility index (Phi) is 2.46. The summed E-state index contributed by atoms with van der Waals surface area (Å²) >= 11 is 0. The maximum Gasteiger partial charge on any atom is 0.255 e. The van der Waals surface area contributed by atoms with Gasteiger partial charge in [0.05, 0.1) is 6.07 Å². The van der Waals surface area contributed by atoms with Crippen molar-refractivity contribution in [3.63, 3.8) is 0 Å². The Balaban J connectivity index is 2.59. The van der Waals surface area contributed by atoms with Gasteiger partial charge in [-0.05, 0) is 17.0 Å². The minimum Gasteiger partial charge on any atom is -0.322 e. The molecule has 3 nitrogen and oxygen atoms in total. The highest BCUT2D eigenvalue weighted by Gasteiger charge is 2.34. The highest BCUT2D eigenvalue weighted by molar-refractivity contribution is 5.99. The number of hydrogen-bond donors (Lipinski definition) is 0. The predicted octanol–water partition coefficient (Wildman–Crippen LogP) is 2.63. The molecule has 3 heteroatoms. The van der Waals surface area contributed by atoms with Gasteiger partial charge >= 0.3 is 0 Å². The minimum atomic E-state index is -0.445. The van der Waals surface area contributed by atoms with Crippen LogP contribution < -0.4 is 0 Å². The van der Waals surface area contributed by atoms with Crippen LogP contribution in [0.4, 0.5) is 0 Å². The van der Waals surface area contributed by atoms with Crippen LogP contribution in [-0.2, 0) is 5.41 Å². The van der Waals surface area contributed by atoms with Gasteiger partial charge in [-0.3, -0.25) is 4.79 Å². The van der Waals surface area contributed by atoms with Crippen molar-refractivity contribution in [3.05, 3.63) is 34.9 Å². The van der Waals surface area contributed by atoms with E-state index in [9.17, 15) is 4.79 Å². The number of amides is 1. The fourth-order valence-corrected chi connectivity index (χ4v) is 2.12. The van der Waals surface area contributed by atoms with E-state index in [4.69, 9.17) is 5.26 Å². The van der Waals surface area contributed by atoms with Gasteiger partial charge < -0.3 is 4.90 Å². The average Bonchev–Trinajstić information content (AvgIpc) is 2.50. The minimum absolute atomic E-state index is 0.0270. The van der Waals surface area contributed by atoms with E-state index in [0.29, 0.717) is 5.56 Å². The van der Waals surface area contributed by atoms with E-state index in [2.05, 4.69) is 26.8 Å². The third-order valence-electron chi connectivity index (χ3n) is 3.27. The van der Waals surface area contributed by atoms with Gasteiger partial charge in [-0.15, -0.1) is 0 Å². The Morgan fingerprint density at radius 3 is 2.53 bits per heavy atom. The largest absolute Gasteiger partial charge is 0.322 e. The van der Waals surface area contributed by atoms with Gasteiger partial charge in [0.25, 0.3) is 5.91 Å². The molecule has 1 atom stereocenters. The zero-order valence-electron chi connectivity index (χ0n) is 10.6. The van der Waals surface area contributed by atoms with E-state index < -0.39 is 6.04 Å². The van der Waals surface area contributed by atoms with E-state index >= 15 is 0 Å². The molecule has 1 aromatic carbocycles.